The maximum absolute atomic E-state index is 10.2. The van der Waals surface area contributed by atoms with Crippen LogP contribution in [-0.2, 0) is 18.9 Å². The Morgan fingerprint density at radius 2 is 1.85 bits per heavy atom. The summed E-state index contributed by atoms with van der Waals surface area (Å²) in [5.41, 5.74) is 0.878. The highest BCUT2D eigenvalue weighted by atomic mass is 16.8. The van der Waals surface area contributed by atoms with Crippen molar-refractivity contribution in [3.63, 3.8) is 0 Å². The minimum atomic E-state index is -0.720. The Balaban J connectivity index is 1.55. The first kappa shape index (κ1) is 12.6. The molecule has 0 spiro atoms. The Labute approximate surface area is 116 Å². The first-order chi connectivity index (χ1) is 9.76. The molecule has 0 radical (unpaired) electrons. The van der Waals surface area contributed by atoms with E-state index in [9.17, 15) is 5.11 Å². The second-order valence-electron chi connectivity index (χ2n) is 5.17. The van der Waals surface area contributed by atoms with Crippen molar-refractivity contribution >= 4 is 0 Å². The first-order valence-electron chi connectivity index (χ1n) is 6.66. The zero-order valence-corrected chi connectivity index (χ0v) is 11.0. The van der Waals surface area contributed by atoms with Crippen molar-refractivity contribution in [3.05, 3.63) is 29.8 Å². The molecule has 0 aromatic heterocycles. The summed E-state index contributed by atoms with van der Waals surface area (Å²) in [5, 5.41) is 10.2. The lowest BCUT2D eigenvalue weighted by molar-refractivity contribution is -0.194. The van der Waals surface area contributed by atoms with Gasteiger partial charge in [-0.2, -0.15) is 0 Å². The van der Waals surface area contributed by atoms with E-state index in [0.717, 1.165) is 11.3 Å². The second kappa shape index (κ2) is 4.68. The predicted molar refractivity (Wildman–Crippen MR) is 66.1 cm³/mol. The third-order valence-electron chi connectivity index (χ3n) is 3.99. The molecule has 108 valence electrons. The van der Waals surface area contributed by atoms with Gasteiger partial charge in [-0.3, -0.25) is 0 Å². The first-order valence-corrected chi connectivity index (χ1v) is 6.66. The minimum absolute atomic E-state index is 0.320. The topological polar surface area (TPSA) is 66.4 Å². The Hall–Kier alpha value is -1.18. The maximum Gasteiger partial charge on any atom is 0.187 e. The SMILES string of the molecule is COc1ccc([C@@H]2O[C@@H]3[C@@H]4OC[C@@H](O4)[C@@H](O)[C@@H]3O2)cc1. The number of aliphatic hydroxyl groups is 1. The number of methoxy groups -OCH3 is 1. The summed E-state index contributed by atoms with van der Waals surface area (Å²) in [6, 6.07) is 7.46. The van der Waals surface area contributed by atoms with Gasteiger partial charge in [-0.15, -0.1) is 0 Å². The summed E-state index contributed by atoms with van der Waals surface area (Å²) in [6.45, 7) is 0.388. The van der Waals surface area contributed by atoms with E-state index in [1.807, 2.05) is 24.3 Å². The molecule has 6 atom stereocenters. The van der Waals surface area contributed by atoms with Crippen LogP contribution in [0.3, 0.4) is 0 Å². The molecular formula is C14H16O6. The largest absolute Gasteiger partial charge is 0.497 e. The van der Waals surface area contributed by atoms with Gasteiger partial charge in [0.15, 0.2) is 12.6 Å². The molecule has 4 rings (SSSR count). The molecule has 3 aliphatic heterocycles. The van der Waals surface area contributed by atoms with Crippen LogP contribution in [0, 0.1) is 0 Å². The van der Waals surface area contributed by atoms with Crippen molar-refractivity contribution < 1.29 is 28.8 Å². The van der Waals surface area contributed by atoms with Gasteiger partial charge in [0.25, 0.3) is 0 Å². The van der Waals surface area contributed by atoms with Crippen LogP contribution in [-0.4, -0.2) is 49.5 Å². The molecule has 0 saturated carbocycles. The number of ether oxygens (including phenoxy) is 5. The average molecular weight is 280 g/mol. The summed E-state index contributed by atoms with van der Waals surface area (Å²) < 4.78 is 27.8. The van der Waals surface area contributed by atoms with E-state index >= 15 is 0 Å². The molecule has 0 amide bonds. The summed E-state index contributed by atoms with van der Waals surface area (Å²) in [5.74, 6) is 0.773. The molecule has 0 unspecified atom stereocenters. The second-order valence-corrected chi connectivity index (χ2v) is 5.17. The molecule has 1 N–H and O–H groups in total. The van der Waals surface area contributed by atoms with Crippen LogP contribution in [0.1, 0.15) is 11.9 Å². The number of fused-ring (bicyclic) bond motifs is 4. The Bertz CT molecular complexity index is 483. The van der Waals surface area contributed by atoms with Gasteiger partial charge in [0, 0.05) is 5.56 Å². The molecule has 0 aliphatic carbocycles. The lowest BCUT2D eigenvalue weighted by Crippen LogP contribution is -2.52. The van der Waals surface area contributed by atoms with Crippen LogP contribution in [0.4, 0.5) is 0 Å². The normalized spacial score (nSPS) is 42.5. The third kappa shape index (κ3) is 1.84. The van der Waals surface area contributed by atoms with Gasteiger partial charge in [0.05, 0.1) is 13.7 Å². The molecule has 3 heterocycles. The Morgan fingerprint density at radius 1 is 1.10 bits per heavy atom. The van der Waals surface area contributed by atoms with E-state index in [2.05, 4.69) is 0 Å². The van der Waals surface area contributed by atoms with Gasteiger partial charge in [0.2, 0.25) is 0 Å². The molecule has 2 bridgehead atoms. The fraction of sp³-hybridized carbons (Fsp3) is 0.571. The van der Waals surface area contributed by atoms with Gasteiger partial charge in [-0.1, -0.05) is 12.1 Å². The quantitative estimate of drug-likeness (QED) is 0.855. The summed E-state index contributed by atoms with van der Waals surface area (Å²) >= 11 is 0. The van der Waals surface area contributed by atoms with Crippen LogP contribution in [0.15, 0.2) is 24.3 Å². The van der Waals surface area contributed by atoms with E-state index in [-0.39, 0.29) is 6.10 Å². The van der Waals surface area contributed by atoms with Crippen LogP contribution in [0.25, 0.3) is 0 Å². The Kier molecular flexibility index (Phi) is 2.94. The fourth-order valence-electron chi connectivity index (χ4n) is 2.89. The molecule has 20 heavy (non-hydrogen) atoms. The molecule has 3 aliphatic rings. The molecule has 6 heteroatoms. The van der Waals surface area contributed by atoms with Crippen molar-refractivity contribution in [2.24, 2.45) is 0 Å². The Morgan fingerprint density at radius 3 is 2.60 bits per heavy atom. The predicted octanol–water partition coefficient (Wildman–Crippen LogP) is 0.594. The number of rotatable bonds is 2. The van der Waals surface area contributed by atoms with E-state index in [4.69, 9.17) is 23.7 Å². The van der Waals surface area contributed by atoms with Gasteiger partial charge in [0.1, 0.15) is 30.2 Å². The van der Waals surface area contributed by atoms with E-state index < -0.39 is 30.9 Å². The minimum Gasteiger partial charge on any atom is -0.497 e. The van der Waals surface area contributed by atoms with Crippen LogP contribution < -0.4 is 4.74 Å². The molecule has 3 fully saturated rings. The monoisotopic (exact) mass is 280 g/mol. The molecule has 6 nitrogen and oxygen atoms in total. The zero-order chi connectivity index (χ0) is 13.7. The lowest BCUT2D eigenvalue weighted by atomic mass is 10.0. The number of benzene rings is 1. The van der Waals surface area contributed by atoms with E-state index in [1.165, 1.54) is 0 Å². The van der Waals surface area contributed by atoms with Crippen molar-refractivity contribution in [2.75, 3.05) is 13.7 Å². The fourth-order valence-corrected chi connectivity index (χ4v) is 2.89. The molecule has 1 aromatic carbocycles. The van der Waals surface area contributed by atoms with Crippen molar-refractivity contribution in [1.82, 2.24) is 0 Å². The molecular weight excluding hydrogens is 264 g/mol. The lowest BCUT2D eigenvalue weighted by Gasteiger charge is -2.31. The van der Waals surface area contributed by atoms with Gasteiger partial charge < -0.3 is 28.8 Å². The average Bonchev–Trinajstić information content (AvgIpc) is 3.11. The van der Waals surface area contributed by atoms with E-state index in [1.54, 1.807) is 7.11 Å². The number of aliphatic hydroxyl groups excluding tert-OH is 1. The summed E-state index contributed by atoms with van der Waals surface area (Å²) in [6.07, 6.45) is -2.81. The van der Waals surface area contributed by atoms with Gasteiger partial charge in [-0.25, -0.2) is 0 Å². The highest BCUT2D eigenvalue weighted by molar-refractivity contribution is 5.28. The van der Waals surface area contributed by atoms with Crippen LogP contribution in [0.2, 0.25) is 0 Å². The third-order valence-corrected chi connectivity index (χ3v) is 3.99. The van der Waals surface area contributed by atoms with E-state index in [0.29, 0.717) is 6.61 Å². The van der Waals surface area contributed by atoms with Gasteiger partial charge in [-0.05, 0) is 12.1 Å². The number of hydrogen-bond donors (Lipinski definition) is 1. The maximum atomic E-state index is 10.2. The zero-order valence-electron chi connectivity index (χ0n) is 11.0. The van der Waals surface area contributed by atoms with Crippen molar-refractivity contribution in [2.45, 2.75) is 37.0 Å². The van der Waals surface area contributed by atoms with Gasteiger partial charge >= 0.3 is 0 Å². The van der Waals surface area contributed by atoms with Crippen LogP contribution >= 0.6 is 0 Å². The standard InChI is InChI=1S/C14H16O6/c1-16-8-4-2-7(3-5-8)13-19-11-10(15)9-6-17-14(18-9)12(11)20-13/h2-5,9-15H,6H2,1H3/t9-,10-,11+,12+,13+,14-/m1/s1. The van der Waals surface area contributed by atoms with Crippen molar-refractivity contribution in [1.29, 1.82) is 0 Å². The molecule has 1 aromatic rings. The number of hydrogen-bond acceptors (Lipinski definition) is 6. The van der Waals surface area contributed by atoms with Crippen molar-refractivity contribution in [3.8, 4) is 5.75 Å². The summed E-state index contributed by atoms with van der Waals surface area (Å²) in [4.78, 5) is 0. The van der Waals surface area contributed by atoms with Crippen LogP contribution in [0.5, 0.6) is 5.75 Å². The highest BCUT2D eigenvalue weighted by Gasteiger charge is 2.56. The molecule has 3 saturated heterocycles. The summed E-state index contributed by atoms with van der Waals surface area (Å²) in [7, 11) is 1.62. The smallest absolute Gasteiger partial charge is 0.187 e. The highest BCUT2D eigenvalue weighted by Crippen LogP contribution is 2.41.